The van der Waals surface area contributed by atoms with Gasteiger partial charge in [-0.3, -0.25) is 0 Å². The molecule has 0 saturated heterocycles. The SMILES string of the molecule is CC(O)Cc1cccc(C(C)(C)CO)c1. The van der Waals surface area contributed by atoms with Gasteiger partial charge >= 0.3 is 0 Å². The van der Waals surface area contributed by atoms with E-state index in [0.29, 0.717) is 6.42 Å². The molecule has 0 aliphatic rings. The summed E-state index contributed by atoms with van der Waals surface area (Å²) < 4.78 is 0. The number of aliphatic hydroxyl groups is 2. The van der Waals surface area contributed by atoms with E-state index < -0.39 is 0 Å². The van der Waals surface area contributed by atoms with Gasteiger partial charge in [0.05, 0.1) is 12.7 Å². The molecule has 1 atom stereocenters. The molecule has 1 aromatic rings. The molecular formula is C13H20O2. The van der Waals surface area contributed by atoms with Crippen molar-refractivity contribution < 1.29 is 10.2 Å². The summed E-state index contributed by atoms with van der Waals surface area (Å²) in [6.07, 6.45) is 0.340. The van der Waals surface area contributed by atoms with Gasteiger partial charge in [-0.1, -0.05) is 38.1 Å². The van der Waals surface area contributed by atoms with Gasteiger partial charge in [0.15, 0.2) is 0 Å². The van der Waals surface area contributed by atoms with Crippen LogP contribution in [-0.4, -0.2) is 22.9 Å². The van der Waals surface area contributed by atoms with Crippen molar-refractivity contribution in [2.24, 2.45) is 0 Å². The zero-order chi connectivity index (χ0) is 11.5. The van der Waals surface area contributed by atoms with Gasteiger partial charge in [0, 0.05) is 5.41 Å². The Morgan fingerprint density at radius 1 is 1.33 bits per heavy atom. The van der Waals surface area contributed by atoms with E-state index in [4.69, 9.17) is 0 Å². The van der Waals surface area contributed by atoms with Crippen molar-refractivity contribution in [1.29, 1.82) is 0 Å². The fourth-order valence-electron chi connectivity index (χ4n) is 1.55. The van der Waals surface area contributed by atoms with E-state index >= 15 is 0 Å². The van der Waals surface area contributed by atoms with Crippen molar-refractivity contribution in [2.45, 2.75) is 38.7 Å². The Labute approximate surface area is 91.6 Å². The van der Waals surface area contributed by atoms with Crippen LogP contribution in [0.4, 0.5) is 0 Å². The van der Waals surface area contributed by atoms with E-state index in [9.17, 15) is 10.2 Å². The molecule has 2 nitrogen and oxygen atoms in total. The molecule has 84 valence electrons. The largest absolute Gasteiger partial charge is 0.395 e. The number of hydrogen-bond donors (Lipinski definition) is 2. The molecule has 0 radical (unpaired) electrons. The van der Waals surface area contributed by atoms with E-state index in [2.05, 4.69) is 6.07 Å². The van der Waals surface area contributed by atoms with Gasteiger partial charge in [-0.2, -0.15) is 0 Å². The smallest absolute Gasteiger partial charge is 0.0552 e. The third-order valence-corrected chi connectivity index (χ3v) is 2.63. The third kappa shape index (κ3) is 3.33. The Morgan fingerprint density at radius 2 is 2.00 bits per heavy atom. The highest BCUT2D eigenvalue weighted by Crippen LogP contribution is 2.23. The van der Waals surface area contributed by atoms with Crippen LogP contribution in [-0.2, 0) is 11.8 Å². The minimum atomic E-state index is -0.322. The summed E-state index contributed by atoms with van der Waals surface area (Å²) in [5, 5.41) is 18.6. The molecular weight excluding hydrogens is 188 g/mol. The predicted octanol–water partition coefficient (Wildman–Crippen LogP) is 1.88. The normalized spacial score (nSPS) is 13.9. The maximum Gasteiger partial charge on any atom is 0.0552 e. The molecule has 2 heteroatoms. The van der Waals surface area contributed by atoms with Gasteiger partial charge in [0.1, 0.15) is 0 Å². The molecule has 0 saturated carbocycles. The molecule has 0 amide bonds. The molecule has 0 heterocycles. The second-order valence-corrected chi connectivity index (χ2v) is 4.80. The highest BCUT2D eigenvalue weighted by atomic mass is 16.3. The monoisotopic (exact) mass is 208 g/mol. The summed E-state index contributed by atoms with van der Waals surface area (Å²) in [5.41, 5.74) is 2.02. The van der Waals surface area contributed by atoms with Gasteiger partial charge in [-0.05, 0) is 24.5 Å². The van der Waals surface area contributed by atoms with Crippen LogP contribution in [0, 0.1) is 0 Å². The quantitative estimate of drug-likeness (QED) is 0.793. The summed E-state index contributed by atoms with van der Waals surface area (Å²) in [7, 11) is 0. The first-order chi connectivity index (χ1) is 6.95. The van der Waals surface area contributed by atoms with Crippen LogP contribution in [0.2, 0.25) is 0 Å². The van der Waals surface area contributed by atoms with Crippen molar-refractivity contribution in [3.8, 4) is 0 Å². The molecule has 0 aliphatic heterocycles. The summed E-state index contributed by atoms with van der Waals surface area (Å²) in [6.45, 7) is 5.93. The van der Waals surface area contributed by atoms with Gasteiger partial charge in [0.25, 0.3) is 0 Å². The van der Waals surface area contributed by atoms with E-state index in [0.717, 1.165) is 11.1 Å². The van der Waals surface area contributed by atoms with E-state index in [1.165, 1.54) is 0 Å². The van der Waals surface area contributed by atoms with Crippen LogP contribution >= 0.6 is 0 Å². The highest BCUT2D eigenvalue weighted by molar-refractivity contribution is 5.29. The topological polar surface area (TPSA) is 40.5 Å². The Balaban J connectivity index is 2.92. The second kappa shape index (κ2) is 4.77. The van der Waals surface area contributed by atoms with Crippen molar-refractivity contribution in [3.05, 3.63) is 35.4 Å². The first kappa shape index (κ1) is 12.2. The molecule has 1 rings (SSSR count). The number of rotatable bonds is 4. The zero-order valence-electron chi connectivity index (χ0n) is 9.70. The van der Waals surface area contributed by atoms with Crippen LogP contribution in [0.1, 0.15) is 31.9 Å². The third-order valence-electron chi connectivity index (χ3n) is 2.63. The number of hydrogen-bond acceptors (Lipinski definition) is 2. The van der Waals surface area contributed by atoms with Crippen molar-refractivity contribution >= 4 is 0 Å². The molecule has 1 aromatic carbocycles. The molecule has 2 N–H and O–H groups in total. The highest BCUT2D eigenvalue weighted by Gasteiger charge is 2.19. The molecule has 1 unspecified atom stereocenters. The molecule has 0 bridgehead atoms. The maximum atomic E-state index is 9.31. The lowest BCUT2D eigenvalue weighted by atomic mass is 9.84. The van der Waals surface area contributed by atoms with E-state index in [1.807, 2.05) is 32.0 Å². The van der Waals surface area contributed by atoms with Crippen LogP contribution in [0.25, 0.3) is 0 Å². The van der Waals surface area contributed by atoms with E-state index in [1.54, 1.807) is 6.92 Å². The van der Waals surface area contributed by atoms with Crippen LogP contribution in [0.3, 0.4) is 0 Å². The summed E-state index contributed by atoms with van der Waals surface area (Å²) in [6, 6.07) is 8.05. The van der Waals surface area contributed by atoms with Gasteiger partial charge in [0.2, 0.25) is 0 Å². The van der Waals surface area contributed by atoms with Gasteiger partial charge in [-0.25, -0.2) is 0 Å². The fourth-order valence-corrected chi connectivity index (χ4v) is 1.55. The molecule has 0 aliphatic carbocycles. The minimum Gasteiger partial charge on any atom is -0.395 e. The van der Waals surface area contributed by atoms with Gasteiger partial charge in [-0.15, -0.1) is 0 Å². The van der Waals surface area contributed by atoms with Crippen molar-refractivity contribution in [1.82, 2.24) is 0 Å². The standard InChI is InChI=1S/C13H20O2/c1-10(15)7-11-5-4-6-12(8-11)13(2,3)9-14/h4-6,8,10,14-15H,7,9H2,1-3H3. The first-order valence-electron chi connectivity index (χ1n) is 5.34. The van der Waals surface area contributed by atoms with Crippen molar-refractivity contribution in [2.75, 3.05) is 6.61 Å². The lowest BCUT2D eigenvalue weighted by Gasteiger charge is -2.23. The molecule has 0 fully saturated rings. The predicted molar refractivity (Wildman–Crippen MR) is 61.9 cm³/mol. The summed E-state index contributed by atoms with van der Waals surface area (Å²) in [5.74, 6) is 0. The average molecular weight is 208 g/mol. The van der Waals surface area contributed by atoms with E-state index in [-0.39, 0.29) is 18.1 Å². The minimum absolute atomic E-state index is 0.130. The fraction of sp³-hybridized carbons (Fsp3) is 0.538. The summed E-state index contributed by atoms with van der Waals surface area (Å²) in [4.78, 5) is 0. The molecule has 15 heavy (non-hydrogen) atoms. The van der Waals surface area contributed by atoms with Crippen LogP contribution < -0.4 is 0 Å². The Kier molecular flexibility index (Phi) is 3.89. The Morgan fingerprint density at radius 3 is 2.53 bits per heavy atom. The maximum absolute atomic E-state index is 9.31. The van der Waals surface area contributed by atoms with Crippen LogP contribution in [0.15, 0.2) is 24.3 Å². The second-order valence-electron chi connectivity index (χ2n) is 4.80. The number of benzene rings is 1. The van der Waals surface area contributed by atoms with Gasteiger partial charge < -0.3 is 10.2 Å². The average Bonchev–Trinajstić information content (AvgIpc) is 2.17. The Hall–Kier alpha value is -0.860. The Bertz CT molecular complexity index is 316. The number of aliphatic hydroxyl groups excluding tert-OH is 2. The van der Waals surface area contributed by atoms with Crippen LogP contribution in [0.5, 0.6) is 0 Å². The first-order valence-corrected chi connectivity index (χ1v) is 5.34. The lowest BCUT2D eigenvalue weighted by Crippen LogP contribution is -2.22. The van der Waals surface area contributed by atoms with Crippen molar-refractivity contribution in [3.63, 3.8) is 0 Å². The lowest BCUT2D eigenvalue weighted by molar-refractivity contribution is 0.195. The molecule has 0 aromatic heterocycles. The molecule has 0 spiro atoms. The summed E-state index contributed by atoms with van der Waals surface area (Å²) >= 11 is 0. The zero-order valence-corrected chi connectivity index (χ0v) is 9.70.